The second-order valence-electron chi connectivity index (χ2n) is 0.789. The quantitative estimate of drug-likeness (QED) is 0.541. The van der Waals surface area contributed by atoms with Crippen molar-refractivity contribution in [1.29, 1.82) is 0 Å². The molecule has 0 saturated heterocycles. The molecule has 0 radical (unpaired) electrons. The van der Waals surface area contributed by atoms with Crippen molar-refractivity contribution in [3.05, 3.63) is 0 Å². The lowest BCUT2D eigenvalue weighted by atomic mass is 10.5. The minimum Gasteiger partial charge on any atom is -0.333 e. The fourth-order valence-electron chi connectivity index (χ4n) is 0. The van der Waals surface area contributed by atoms with E-state index in [2.05, 4.69) is 12.7 Å². The highest BCUT2D eigenvalue weighted by Crippen LogP contribution is 1.57. The molecule has 0 amide bonds. The van der Waals surface area contributed by atoms with Crippen molar-refractivity contribution in [1.82, 2.24) is 0 Å². The van der Waals surface area contributed by atoms with Gasteiger partial charge in [0.25, 0.3) is 0 Å². The summed E-state index contributed by atoms with van der Waals surface area (Å²) in [5, 5.41) is 0. The summed E-state index contributed by atoms with van der Waals surface area (Å²) in [5.41, 5.74) is 9.53. The maximum absolute atomic E-state index is 5.03. The Balaban J connectivity index is -0.0000000542. The molecule has 0 aliphatic rings. The summed E-state index contributed by atoms with van der Waals surface area (Å²) in [6, 6.07) is 0. The molecule has 0 unspecified atom stereocenters. The van der Waals surface area contributed by atoms with Gasteiger partial charge in [-0.15, -0.1) is 0 Å². The zero-order valence-corrected chi connectivity index (χ0v) is 6.57. The van der Waals surface area contributed by atoms with Crippen molar-refractivity contribution >= 4 is 0 Å². The summed E-state index contributed by atoms with van der Waals surface area (Å²) in [4.78, 5) is 0. The van der Waals surface area contributed by atoms with Crippen LogP contribution >= 0.6 is 0 Å². The molecule has 54 valence electrons. The van der Waals surface area contributed by atoms with E-state index < -0.39 is 0 Å². The van der Waals surface area contributed by atoms with E-state index in [0.717, 1.165) is 13.0 Å². The molecule has 0 bridgehead atoms. The predicted molar refractivity (Wildman–Crippen MR) is 40.8 cm³/mol. The zero-order valence-electron chi connectivity index (χ0n) is 6.57. The molecule has 2 heteroatoms. The van der Waals surface area contributed by atoms with Crippen molar-refractivity contribution in [2.24, 2.45) is 11.5 Å². The van der Waals surface area contributed by atoms with Gasteiger partial charge in [0.15, 0.2) is 0 Å². The van der Waals surface area contributed by atoms with Gasteiger partial charge in [-0.1, -0.05) is 20.8 Å². The molecule has 4 N–H and O–H groups in total. The monoisotopic (exact) mass is 120 g/mol. The molecule has 0 saturated carbocycles. The average Bonchev–Trinajstić information content (AvgIpc) is 1.96. The van der Waals surface area contributed by atoms with Crippen LogP contribution in [0.5, 0.6) is 0 Å². The second kappa shape index (κ2) is 65.8. The van der Waals surface area contributed by atoms with Crippen LogP contribution in [0.3, 0.4) is 0 Å². The third-order valence-electron chi connectivity index (χ3n) is 0.289. The van der Waals surface area contributed by atoms with Crippen molar-refractivity contribution in [3.8, 4) is 0 Å². The van der Waals surface area contributed by atoms with Crippen molar-refractivity contribution < 1.29 is 0 Å². The topological polar surface area (TPSA) is 52.0 Å². The highest BCUT2D eigenvalue weighted by molar-refractivity contribution is 4.19. The zero-order chi connectivity index (χ0) is 7.41. The molecule has 0 spiro atoms. The molecule has 8 heavy (non-hydrogen) atoms. The molecular formula is C6H20N2. The van der Waals surface area contributed by atoms with Gasteiger partial charge < -0.3 is 11.5 Å². The molecule has 0 aromatic rings. The van der Waals surface area contributed by atoms with Crippen molar-refractivity contribution in [3.63, 3.8) is 0 Å². The van der Waals surface area contributed by atoms with Crippen LogP contribution in [0.4, 0.5) is 0 Å². The summed E-state index contributed by atoms with van der Waals surface area (Å²) in [5.74, 6) is 0. The Bertz CT molecular complexity index is 8.49. The van der Waals surface area contributed by atoms with E-state index in [9.17, 15) is 0 Å². The highest BCUT2D eigenvalue weighted by Gasteiger charge is 1.55. The summed E-state index contributed by atoms with van der Waals surface area (Å²) in [7, 11) is 1.50. The van der Waals surface area contributed by atoms with Gasteiger partial charge in [0.1, 0.15) is 0 Å². The minimum atomic E-state index is 0.819. The Kier molecular flexibility index (Phi) is 129. The molecule has 0 rings (SSSR count). The molecule has 0 aromatic heterocycles. The van der Waals surface area contributed by atoms with Crippen LogP contribution in [0.1, 0.15) is 27.2 Å². The lowest BCUT2D eigenvalue weighted by molar-refractivity contribution is 0.932. The summed E-state index contributed by atoms with van der Waals surface area (Å²) in [6.07, 6.45) is 1.10. The molecule has 0 aliphatic heterocycles. The molecule has 0 aromatic carbocycles. The van der Waals surface area contributed by atoms with Gasteiger partial charge in [0, 0.05) is 0 Å². The molecule has 0 fully saturated rings. The van der Waals surface area contributed by atoms with Gasteiger partial charge in [0.05, 0.1) is 0 Å². The maximum Gasteiger partial charge on any atom is -0.00799 e. The van der Waals surface area contributed by atoms with E-state index in [-0.39, 0.29) is 0 Å². The SMILES string of the molecule is CC.CCCN.CN. The largest absolute Gasteiger partial charge is 0.333 e. The highest BCUT2D eigenvalue weighted by atomic mass is 14.5. The van der Waals surface area contributed by atoms with Crippen LogP contribution in [-0.4, -0.2) is 13.6 Å². The van der Waals surface area contributed by atoms with Gasteiger partial charge in [-0.2, -0.15) is 0 Å². The van der Waals surface area contributed by atoms with E-state index in [1.165, 1.54) is 7.05 Å². The first kappa shape index (κ1) is 15.7. The first-order chi connectivity index (χ1) is 3.91. The molecular weight excluding hydrogens is 100 g/mol. The van der Waals surface area contributed by atoms with Crippen LogP contribution < -0.4 is 11.5 Å². The van der Waals surface area contributed by atoms with Crippen molar-refractivity contribution in [2.45, 2.75) is 27.2 Å². The number of nitrogens with two attached hydrogens (primary N) is 2. The van der Waals surface area contributed by atoms with E-state index in [4.69, 9.17) is 5.73 Å². The van der Waals surface area contributed by atoms with Gasteiger partial charge in [-0.3, -0.25) is 0 Å². The van der Waals surface area contributed by atoms with Gasteiger partial charge in [-0.25, -0.2) is 0 Å². The first-order valence-corrected chi connectivity index (χ1v) is 3.19. The summed E-state index contributed by atoms with van der Waals surface area (Å²) < 4.78 is 0. The second-order valence-corrected chi connectivity index (χ2v) is 0.789. The van der Waals surface area contributed by atoms with Crippen molar-refractivity contribution in [2.75, 3.05) is 13.6 Å². The maximum atomic E-state index is 5.03. The van der Waals surface area contributed by atoms with E-state index in [0.29, 0.717) is 0 Å². The fourth-order valence-corrected chi connectivity index (χ4v) is 0. The Morgan fingerprint density at radius 2 is 1.25 bits per heavy atom. The van der Waals surface area contributed by atoms with Crippen LogP contribution in [0, 0.1) is 0 Å². The standard InChI is InChI=1S/C3H9N.C2H6.CH5N/c1-2-3-4;2*1-2/h2-4H2,1H3;1-2H3;2H2,1H3. The number of hydrogen-bond donors (Lipinski definition) is 2. The van der Waals surface area contributed by atoms with Crippen LogP contribution in [0.25, 0.3) is 0 Å². The molecule has 0 heterocycles. The van der Waals surface area contributed by atoms with Crippen LogP contribution in [0.15, 0.2) is 0 Å². The van der Waals surface area contributed by atoms with Crippen LogP contribution in [0.2, 0.25) is 0 Å². The first-order valence-electron chi connectivity index (χ1n) is 3.19. The third kappa shape index (κ3) is 169. The Morgan fingerprint density at radius 3 is 1.25 bits per heavy atom. The third-order valence-corrected chi connectivity index (χ3v) is 0.289. The van der Waals surface area contributed by atoms with Gasteiger partial charge >= 0.3 is 0 Å². The van der Waals surface area contributed by atoms with Crippen LogP contribution in [-0.2, 0) is 0 Å². The molecule has 2 nitrogen and oxygen atoms in total. The summed E-state index contributed by atoms with van der Waals surface area (Å²) >= 11 is 0. The van der Waals surface area contributed by atoms with E-state index in [1.54, 1.807) is 0 Å². The minimum absolute atomic E-state index is 0.819. The Morgan fingerprint density at radius 1 is 1.12 bits per heavy atom. The number of hydrogen-bond acceptors (Lipinski definition) is 2. The lowest BCUT2D eigenvalue weighted by Gasteiger charge is -1.70. The lowest BCUT2D eigenvalue weighted by Crippen LogP contribution is -1.93. The van der Waals surface area contributed by atoms with Gasteiger partial charge in [-0.05, 0) is 20.0 Å². The smallest absolute Gasteiger partial charge is 0.00799 e. The fraction of sp³-hybridized carbons (Fsp3) is 1.00. The molecule has 0 aliphatic carbocycles. The Hall–Kier alpha value is -0.0800. The normalized spacial score (nSPS) is 5.25. The van der Waals surface area contributed by atoms with E-state index in [1.807, 2.05) is 13.8 Å². The van der Waals surface area contributed by atoms with E-state index >= 15 is 0 Å². The average molecular weight is 120 g/mol. The molecule has 0 atom stereocenters. The Labute approximate surface area is 53.3 Å². The predicted octanol–water partition coefficient (Wildman–Crippen LogP) is 0.956. The summed E-state index contributed by atoms with van der Waals surface area (Å²) in [6.45, 7) is 6.88. The number of rotatable bonds is 1. The van der Waals surface area contributed by atoms with Gasteiger partial charge in [0.2, 0.25) is 0 Å².